The molecule has 2 aliphatic rings. The molecule has 0 radical (unpaired) electrons. The third-order valence-corrected chi connectivity index (χ3v) is 3.61. The Balaban J connectivity index is 1.92. The van der Waals surface area contributed by atoms with E-state index in [-0.39, 0.29) is 0 Å². The van der Waals surface area contributed by atoms with Crippen LogP contribution in [0.25, 0.3) is 0 Å². The molecule has 2 unspecified atom stereocenters. The molecule has 1 aromatic rings. The van der Waals surface area contributed by atoms with Gasteiger partial charge in [-0.1, -0.05) is 19.1 Å². The highest BCUT2D eigenvalue weighted by atomic mass is 16.5. The van der Waals surface area contributed by atoms with E-state index < -0.39 is 0 Å². The van der Waals surface area contributed by atoms with Gasteiger partial charge in [0.15, 0.2) is 0 Å². The van der Waals surface area contributed by atoms with Gasteiger partial charge in [0.25, 0.3) is 0 Å². The topological polar surface area (TPSA) is 21.3 Å². The lowest BCUT2D eigenvalue weighted by atomic mass is 9.94. The fourth-order valence-electron chi connectivity index (χ4n) is 2.68. The lowest BCUT2D eigenvalue weighted by molar-refractivity contribution is 0.356. The fraction of sp³-hybridized carbons (Fsp3) is 0.538. The number of fused-ring (bicyclic) bond motifs is 1. The van der Waals surface area contributed by atoms with Gasteiger partial charge in [-0.2, -0.15) is 0 Å². The number of benzene rings is 1. The van der Waals surface area contributed by atoms with Crippen LogP contribution in [0, 0.1) is 5.92 Å². The maximum atomic E-state index is 5.52. The van der Waals surface area contributed by atoms with Gasteiger partial charge >= 0.3 is 0 Å². The maximum Gasteiger partial charge on any atom is 0.122 e. The Morgan fingerprint density at radius 2 is 2.33 bits per heavy atom. The van der Waals surface area contributed by atoms with Crippen molar-refractivity contribution in [3.63, 3.8) is 0 Å². The molecule has 1 saturated heterocycles. The Bertz CT molecular complexity index is 375. The van der Waals surface area contributed by atoms with Gasteiger partial charge in [-0.3, -0.25) is 0 Å². The van der Waals surface area contributed by atoms with Crippen LogP contribution >= 0.6 is 0 Å². The van der Waals surface area contributed by atoms with Crippen molar-refractivity contribution in [1.29, 1.82) is 0 Å². The van der Waals surface area contributed by atoms with E-state index in [0.29, 0.717) is 6.04 Å². The Morgan fingerprint density at radius 3 is 3.13 bits per heavy atom. The van der Waals surface area contributed by atoms with Crippen molar-refractivity contribution in [3.8, 4) is 5.75 Å². The van der Waals surface area contributed by atoms with Crippen molar-refractivity contribution in [2.75, 3.05) is 13.2 Å². The number of rotatable bonds is 1. The van der Waals surface area contributed by atoms with Gasteiger partial charge in [0, 0.05) is 12.5 Å². The van der Waals surface area contributed by atoms with Crippen LogP contribution in [0.3, 0.4) is 0 Å². The minimum absolute atomic E-state index is 0.552. The van der Waals surface area contributed by atoms with Crippen molar-refractivity contribution in [2.45, 2.75) is 25.8 Å². The second-order valence-electron chi connectivity index (χ2n) is 4.66. The number of hydrogen-bond acceptors (Lipinski definition) is 2. The van der Waals surface area contributed by atoms with E-state index in [0.717, 1.165) is 31.2 Å². The van der Waals surface area contributed by atoms with E-state index in [1.54, 1.807) is 0 Å². The first kappa shape index (κ1) is 9.22. The van der Waals surface area contributed by atoms with Gasteiger partial charge in [0.2, 0.25) is 0 Å². The Morgan fingerprint density at radius 1 is 1.40 bits per heavy atom. The summed E-state index contributed by atoms with van der Waals surface area (Å²) in [7, 11) is 0. The van der Waals surface area contributed by atoms with Crippen molar-refractivity contribution in [3.05, 3.63) is 29.3 Å². The molecule has 2 heteroatoms. The first-order valence-electron chi connectivity index (χ1n) is 5.83. The molecule has 0 bridgehead atoms. The second-order valence-corrected chi connectivity index (χ2v) is 4.66. The molecule has 2 aliphatic heterocycles. The number of nitrogens with one attached hydrogen (secondary N) is 1. The standard InChI is InChI=1S/C13H17NO/c1-9-4-6-14-13(9)11-2-3-12-10(8-11)5-7-15-12/h2-3,8-9,13-14H,4-7H2,1H3. The monoisotopic (exact) mass is 203 g/mol. The van der Waals surface area contributed by atoms with Crippen molar-refractivity contribution >= 4 is 0 Å². The summed E-state index contributed by atoms with van der Waals surface area (Å²) in [6.45, 7) is 4.33. The van der Waals surface area contributed by atoms with Gasteiger partial charge in [-0.05, 0) is 36.1 Å². The van der Waals surface area contributed by atoms with Gasteiger partial charge in [0.05, 0.1) is 6.61 Å². The van der Waals surface area contributed by atoms with E-state index >= 15 is 0 Å². The van der Waals surface area contributed by atoms with Crippen molar-refractivity contribution < 1.29 is 4.74 Å². The van der Waals surface area contributed by atoms with Crippen molar-refractivity contribution in [2.24, 2.45) is 5.92 Å². The molecule has 1 aromatic carbocycles. The molecule has 0 saturated carbocycles. The average Bonchev–Trinajstić information content (AvgIpc) is 2.84. The third kappa shape index (κ3) is 1.53. The SMILES string of the molecule is CC1CCNC1c1ccc2c(c1)CCO2. The van der Waals surface area contributed by atoms with E-state index in [1.165, 1.54) is 17.5 Å². The summed E-state index contributed by atoms with van der Waals surface area (Å²) in [6, 6.07) is 7.21. The maximum absolute atomic E-state index is 5.52. The normalized spacial score (nSPS) is 28.9. The Hall–Kier alpha value is -1.02. The van der Waals surface area contributed by atoms with Crippen molar-refractivity contribution in [1.82, 2.24) is 5.32 Å². The van der Waals surface area contributed by atoms with Crippen LogP contribution in [0.15, 0.2) is 18.2 Å². The molecule has 2 heterocycles. The van der Waals surface area contributed by atoms with E-state index in [2.05, 4.69) is 30.4 Å². The molecular weight excluding hydrogens is 186 g/mol. The van der Waals surface area contributed by atoms with Gasteiger partial charge in [-0.15, -0.1) is 0 Å². The molecular formula is C13H17NO. The van der Waals surface area contributed by atoms with Crippen LogP contribution < -0.4 is 10.1 Å². The van der Waals surface area contributed by atoms with E-state index in [4.69, 9.17) is 4.74 Å². The quantitative estimate of drug-likeness (QED) is 0.756. The molecule has 2 atom stereocenters. The van der Waals surface area contributed by atoms with Crippen LogP contribution in [0.4, 0.5) is 0 Å². The van der Waals surface area contributed by atoms with E-state index in [1.807, 2.05) is 0 Å². The summed E-state index contributed by atoms with van der Waals surface area (Å²) in [4.78, 5) is 0. The van der Waals surface area contributed by atoms with Crippen LogP contribution in [-0.4, -0.2) is 13.2 Å². The summed E-state index contributed by atoms with van der Waals surface area (Å²) in [5, 5.41) is 3.57. The highest BCUT2D eigenvalue weighted by Crippen LogP contribution is 2.33. The summed E-state index contributed by atoms with van der Waals surface area (Å²) in [5.41, 5.74) is 2.82. The number of hydrogen-bond donors (Lipinski definition) is 1. The van der Waals surface area contributed by atoms with Gasteiger partial charge in [-0.25, -0.2) is 0 Å². The molecule has 1 N–H and O–H groups in total. The van der Waals surface area contributed by atoms with Gasteiger partial charge < -0.3 is 10.1 Å². The van der Waals surface area contributed by atoms with Crippen LogP contribution in [-0.2, 0) is 6.42 Å². The smallest absolute Gasteiger partial charge is 0.122 e. The lowest BCUT2D eigenvalue weighted by Gasteiger charge is -2.16. The zero-order valence-corrected chi connectivity index (χ0v) is 9.12. The largest absolute Gasteiger partial charge is 0.493 e. The second kappa shape index (κ2) is 3.53. The van der Waals surface area contributed by atoms with Crippen LogP contribution in [0.2, 0.25) is 0 Å². The fourth-order valence-corrected chi connectivity index (χ4v) is 2.68. The summed E-state index contributed by atoms with van der Waals surface area (Å²) in [5.74, 6) is 1.84. The predicted octanol–water partition coefficient (Wildman–Crippen LogP) is 2.29. The first-order chi connectivity index (χ1) is 7.34. The zero-order valence-electron chi connectivity index (χ0n) is 9.12. The molecule has 2 nitrogen and oxygen atoms in total. The molecule has 0 aliphatic carbocycles. The van der Waals surface area contributed by atoms with E-state index in [9.17, 15) is 0 Å². The Kier molecular flexibility index (Phi) is 2.17. The average molecular weight is 203 g/mol. The molecule has 80 valence electrons. The summed E-state index contributed by atoms with van der Waals surface area (Å²) >= 11 is 0. The highest BCUT2D eigenvalue weighted by molar-refractivity contribution is 5.41. The molecule has 0 aromatic heterocycles. The van der Waals surface area contributed by atoms with Crippen LogP contribution in [0.1, 0.15) is 30.5 Å². The molecule has 15 heavy (non-hydrogen) atoms. The number of ether oxygens (including phenoxy) is 1. The van der Waals surface area contributed by atoms with Crippen LogP contribution in [0.5, 0.6) is 5.75 Å². The summed E-state index contributed by atoms with van der Waals surface area (Å²) in [6.07, 6.45) is 2.36. The lowest BCUT2D eigenvalue weighted by Crippen LogP contribution is -2.16. The molecule has 3 rings (SSSR count). The minimum Gasteiger partial charge on any atom is -0.493 e. The zero-order chi connectivity index (χ0) is 10.3. The van der Waals surface area contributed by atoms with Gasteiger partial charge in [0.1, 0.15) is 5.75 Å². The molecule has 1 fully saturated rings. The Labute approximate surface area is 90.6 Å². The third-order valence-electron chi connectivity index (χ3n) is 3.61. The summed E-state index contributed by atoms with van der Waals surface area (Å²) < 4.78 is 5.52. The molecule has 0 amide bonds. The first-order valence-corrected chi connectivity index (χ1v) is 5.83. The minimum atomic E-state index is 0.552. The highest BCUT2D eigenvalue weighted by Gasteiger charge is 2.25. The predicted molar refractivity (Wildman–Crippen MR) is 60.2 cm³/mol. The molecule has 0 spiro atoms.